The number of H-pyrrole nitrogens is 2. The van der Waals surface area contributed by atoms with Gasteiger partial charge in [-0.25, -0.2) is 9.97 Å². The predicted octanol–water partition coefficient (Wildman–Crippen LogP) is 4.78. The molecule has 1 saturated heterocycles. The maximum Gasteiger partial charge on any atom is 0.276 e. The number of nitrogens with one attached hydrogen (secondary N) is 3. The zero-order valence-electron chi connectivity index (χ0n) is 23.1. The SMILES string of the molecule is O=C1Cc2cc(-c3c[nH+]c([C@H]4[C@@H](c5ccccc5)CCCN4C(=O)/C=C/c4cc(Cl)ccc4-n4cnnn4)[nH]3)ccc2N1. The molecule has 0 aliphatic carbocycles. The van der Waals surface area contributed by atoms with Crippen molar-refractivity contribution in [2.75, 3.05) is 11.9 Å². The second kappa shape index (κ2) is 11.3. The van der Waals surface area contributed by atoms with Crippen molar-refractivity contribution in [1.82, 2.24) is 30.1 Å². The summed E-state index contributed by atoms with van der Waals surface area (Å²) in [7, 11) is 0. The molecule has 10 nitrogen and oxygen atoms in total. The summed E-state index contributed by atoms with van der Waals surface area (Å²) in [6, 6.07) is 21.4. The Morgan fingerprint density at radius 1 is 1.09 bits per heavy atom. The smallest absolute Gasteiger partial charge is 0.276 e. The van der Waals surface area contributed by atoms with Crippen molar-refractivity contribution in [1.29, 1.82) is 0 Å². The molecule has 3 N–H and O–H groups in total. The second-order valence-electron chi connectivity index (χ2n) is 10.8. The number of aromatic amines is 2. The Morgan fingerprint density at radius 3 is 2.81 bits per heavy atom. The van der Waals surface area contributed by atoms with Gasteiger partial charge in [0.2, 0.25) is 11.8 Å². The fourth-order valence-corrected chi connectivity index (χ4v) is 6.30. The van der Waals surface area contributed by atoms with Crippen LogP contribution in [0, 0.1) is 0 Å². The number of nitrogens with zero attached hydrogens (tertiary/aromatic N) is 5. The quantitative estimate of drug-likeness (QED) is 0.275. The molecule has 0 bridgehead atoms. The van der Waals surface area contributed by atoms with E-state index >= 15 is 0 Å². The Morgan fingerprint density at radius 2 is 1.98 bits per heavy atom. The molecule has 0 spiro atoms. The summed E-state index contributed by atoms with van der Waals surface area (Å²) in [4.78, 5) is 34.8. The molecule has 7 rings (SSSR count). The molecule has 0 saturated carbocycles. The number of likely N-dealkylation sites (tertiary alicyclic amines) is 1. The highest BCUT2D eigenvalue weighted by molar-refractivity contribution is 6.30. The number of halogens is 1. The molecule has 2 aliphatic rings. The molecule has 214 valence electrons. The second-order valence-corrected chi connectivity index (χ2v) is 11.2. The summed E-state index contributed by atoms with van der Waals surface area (Å²) < 4.78 is 1.54. The molecule has 0 radical (unpaired) electrons. The van der Waals surface area contributed by atoms with E-state index in [9.17, 15) is 9.59 Å². The Hall–Kier alpha value is -5.09. The molecular formula is C32H28ClN8O2+. The monoisotopic (exact) mass is 591 g/mol. The number of aromatic nitrogens is 6. The first-order valence-electron chi connectivity index (χ1n) is 14.1. The summed E-state index contributed by atoms with van der Waals surface area (Å²) in [5.74, 6) is 0.820. The van der Waals surface area contributed by atoms with Gasteiger partial charge in [0.05, 0.1) is 12.1 Å². The van der Waals surface area contributed by atoms with Crippen LogP contribution < -0.4 is 10.3 Å². The molecule has 11 heteroatoms. The van der Waals surface area contributed by atoms with Crippen molar-refractivity contribution >= 4 is 35.2 Å². The number of rotatable bonds is 6. The van der Waals surface area contributed by atoms with Crippen LogP contribution in [-0.2, 0) is 16.0 Å². The molecule has 5 aromatic rings. The van der Waals surface area contributed by atoms with Gasteiger partial charge in [0.25, 0.3) is 5.82 Å². The standard InChI is InChI=1S/C32H27ClN8O2/c33-24-10-12-28(41-19-35-38-39-41)22(16-24)9-13-30(43)40-14-4-7-25(20-5-2-1-3-6-20)31(40)32-34-18-27(37-32)21-8-11-26-23(15-21)17-29(42)36-26/h1-3,5-6,8-13,15-16,18-19,25,31H,4,7,14,17H2,(H,34,37)(H,36,42)/p+1/b13-9+/t25-,31-/m1/s1. The normalized spacial score (nSPS) is 18.2. The molecule has 2 aromatic heterocycles. The largest absolute Gasteiger partial charge is 0.326 e. The van der Waals surface area contributed by atoms with Crippen LogP contribution in [0.2, 0.25) is 5.02 Å². The fourth-order valence-electron chi connectivity index (χ4n) is 6.12. The Kier molecular flexibility index (Phi) is 7.04. The minimum absolute atomic E-state index is 0.00357. The van der Waals surface area contributed by atoms with Gasteiger partial charge in [-0.2, -0.15) is 4.68 Å². The van der Waals surface area contributed by atoms with E-state index in [1.165, 1.54) is 16.6 Å². The number of amides is 2. The van der Waals surface area contributed by atoms with Crippen molar-refractivity contribution in [2.24, 2.45) is 0 Å². The molecule has 2 aliphatic heterocycles. The van der Waals surface area contributed by atoms with E-state index in [2.05, 4.69) is 42.9 Å². The van der Waals surface area contributed by atoms with Gasteiger partial charge < -0.3 is 10.2 Å². The minimum atomic E-state index is -0.252. The average Bonchev–Trinajstić information content (AvgIpc) is 3.81. The number of imidazole rings is 1. The lowest BCUT2D eigenvalue weighted by atomic mass is 9.83. The number of hydrogen-bond acceptors (Lipinski definition) is 5. The summed E-state index contributed by atoms with van der Waals surface area (Å²) in [6.45, 7) is 0.612. The van der Waals surface area contributed by atoms with Crippen LogP contribution in [0.4, 0.5) is 5.69 Å². The lowest BCUT2D eigenvalue weighted by Gasteiger charge is -2.38. The number of carbonyl (C=O) groups excluding carboxylic acids is 2. The van der Waals surface area contributed by atoms with Gasteiger partial charge in [0.15, 0.2) is 5.69 Å². The van der Waals surface area contributed by atoms with Crippen LogP contribution in [0.1, 0.15) is 47.3 Å². The van der Waals surface area contributed by atoms with Crippen LogP contribution >= 0.6 is 11.6 Å². The van der Waals surface area contributed by atoms with Gasteiger partial charge in [-0.05, 0) is 76.9 Å². The van der Waals surface area contributed by atoms with Crippen molar-refractivity contribution in [3.63, 3.8) is 0 Å². The number of carbonyl (C=O) groups is 2. The van der Waals surface area contributed by atoms with Crippen LogP contribution in [0.15, 0.2) is 85.3 Å². The molecule has 43 heavy (non-hydrogen) atoms. The number of anilines is 1. The number of fused-ring (bicyclic) bond motifs is 1. The van der Waals surface area contributed by atoms with Crippen molar-refractivity contribution < 1.29 is 14.6 Å². The van der Waals surface area contributed by atoms with Gasteiger partial charge in [0, 0.05) is 40.4 Å². The summed E-state index contributed by atoms with van der Waals surface area (Å²) in [5, 5.41) is 14.9. The minimum Gasteiger partial charge on any atom is -0.326 e. The zero-order chi connectivity index (χ0) is 29.3. The van der Waals surface area contributed by atoms with Crippen molar-refractivity contribution in [3.8, 4) is 16.9 Å². The number of benzene rings is 3. The first-order chi connectivity index (χ1) is 21.0. The Bertz CT molecular complexity index is 1830. The number of hydrogen-bond donors (Lipinski definition) is 2. The Labute approximate surface area is 252 Å². The highest BCUT2D eigenvalue weighted by Gasteiger charge is 2.40. The highest BCUT2D eigenvalue weighted by atomic mass is 35.5. The van der Waals surface area contributed by atoms with Crippen molar-refractivity contribution in [3.05, 3.63) is 113 Å². The summed E-state index contributed by atoms with van der Waals surface area (Å²) in [6.07, 6.45) is 8.97. The number of tetrazole rings is 1. The van der Waals surface area contributed by atoms with Crippen LogP contribution in [0.3, 0.4) is 0 Å². The molecule has 2 atom stereocenters. The maximum absolute atomic E-state index is 13.9. The van der Waals surface area contributed by atoms with Gasteiger partial charge in [-0.1, -0.05) is 41.9 Å². The number of piperidine rings is 1. The van der Waals surface area contributed by atoms with E-state index < -0.39 is 0 Å². The van der Waals surface area contributed by atoms with E-state index in [0.717, 1.165) is 46.7 Å². The lowest BCUT2D eigenvalue weighted by molar-refractivity contribution is -0.395. The van der Waals surface area contributed by atoms with Gasteiger partial charge in [-0.15, -0.1) is 5.10 Å². The van der Waals surface area contributed by atoms with Crippen LogP contribution in [0.5, 0.6) is 0 Å². The highest BCUT2D eigenvalue weighted by Crippen LogP contribution is 2.41. The third-order valence-corrected chi connectivity index (χ3v) is 8.35. The molecular weight excluding hydrogens is 564 g/mol. The van der Waals surface area contributed by atoms with E-state index in [1.807, 2.05) is 53.6 Å². The topological polar surface area (TPSA) is 123 Å². The average molecular weight is 592 g/mol. The Balaban J connectivity index is 1.23. The van der Waals surface area contributed by atoms with Crippen molar-refractivity contribution in [2.45, 2.75) is 31.2 Å². The van der Waals surface area contributed by atoms with Crippen LogP contribution in [0.25, 0.3) is 23.0 Å². The van der Waals surface area contributed by atoms with E-state index in [1.54, 1.807) is 24.3 Å². The van der Waals surface area contributed by atoms with Crippen LogP contribution in [-0.4, -0.2) is 48.5 Å². The zero-order valence-corrected chi connectivity index (χ0v) is 23.8. The maximum atomic E-state index is 13.9. The van der Waals surface area contributed by atoms with Gasteiger partial charge in [-0.3, -0.25) is 9.59 Å². The predicted molar refractivity (Wildman–Crippen MR) is 161 cm³/mol. The van der Waals surface area contributed by atoms with E-state index in [0.29, 0.717) is 23.7 Å². The van der Waals surface area contributed by atoms with E-state index in [4.69, 9.17) is 11.6 Å². The third-order valence-electron chi connectivity index (χ3n) is 8.11. The first-order valence-corrected chi connectivity index (χ1v) is 14.5. The van der Waals surface area contributed by atoms with Gasteiger partial charge >= 0.3 is 0 Å². The molecule has 3 aromatic carbocycles. The summed E-state index contributed by atoms with van der Waals surface area (Å²) in [5.41, 5.74) is 6.30. The van der Waals surface area contributed by atoms with Gasteiger partial charge in [0.1, 0.15) is 18.6 Å². The molecule has 0 unspecified atom stereocenters. The lowest BCUT2D eigenvalue weighted by Crippen LogP contribution is -2.43. The summed E-state index contributed by atoms with van der Waals surface area (Å²) >= 11 is 6.30. The molecule has 1 fully saturated rings. The van der Waals surface area contributed by atoms with E-state index in [-0.39, 0.29) is 23.8 Å². The third kappa shape index (κ3) is 5.32. The molecule has 4 heterocycles. The molecule has 2 amide bonds. The fraction of sp³-hybridized carbons (Fsp3) is 0.188. The first kappa shape index (κ1) is 26.8.